The first-order valence-corrected chi connectivity index (χ1v) is 7.01. The molecule has 1 aromatic heterocycles. The van der Waals surface area contributed by atoms with Gasteiger partial charge in [0.15, 0.2) is 0 Å². The van der Waals surface area contributed by atoms with E-state index in [9.17, 15) is 0 Å². The molecule has 100 valence electrons. The minimum absolute atomic E-state index is 0.569. The molecule has 1 aromatic carbocycles. The molecular formula is C17H22N2. The van der Waals surface area contributed by atoms with E-state index in [1.54, 1.807) is 0 Å². The number of rotatable bonds is 5. The van der Waals surface area contributed by atoms with Crippen molar-refractivity contribution in [1.82, 2.24) is 4.98 Å². The molecule has 0 spiro atoms. The van der Waals surface area contributed by atoms with E-state index in [2.05, 4.69) is 61.4 Å². The third kappa shape index (κ3) is 3.57. The molecule has 19 heavy (non-hydrogen) atoms. The van der Waals surface area contributed by atoms with Crippen LogP contribution in [0, 0.1) is 0 Å². The van der Waals surface area contributed by atoms with E-state index >= 15 is 0 Å². The Morgan fingerprint density at radius 1 is 1.11 bits per heavy atom. The first-order chi connectivity index (χ1) is 9.20. The van der Waals surface area contributed by atoms with E-state index in [1.807, 2.05) is 12.3 Å². The van der Waals surface area contributed by atoms with Crippen molar-refractivity contribution in [3.8, 4) is 11.3 Å². The molecule has 0 atom stereocenters. The monoisotopic (exact) mass is 254 g/mol. The standard InChI is InChI=1S/C17H22N2/c1-4-10-18-16-9-11-19-17(12-16)15-7-5-14(6-8-15)13(2)3/h5-9,11-13H,4,10H2,1-3H3,(H,18,19). The van der Waals surface area contributed by atoms with Gasteiger partial charge in [-0.3, -0.25) is 4.98 Å². The van der Waals surface area contributed by atoms with Crippen LogP contribution in [0.2, 0.25) is 0 Å². The van der Waals surface area contributed by atoms with Crippen molar-refractivity contribution in [3.63, 3.8) is 0 Å². The van der Waals surface area contributed by atoms with E-state index in [-0.39, 0.29) is 0 Å². The van der Waals surface area contributed by atoms with Gasteiger partial charge in [-0.2, -0.15) is 0 Å². The van der Waals surface area contributed by atoms with Crippen LogP contribution in [0.4, 0.5) is 5.69 Å². The summed E-state index contributed by atoms with van der Waals surface area (Å²) in [5.74, 6) is 0.569. The van der Waals surface area contributed by atoms with E-state index in [4.69, 9.17) is 0 Å². The molecule has 2 heteroatoms. The first-order valence-electron chi connectivity index (χ1n) is 7.01. The fraction of sp³-hybridized carbons (Fsp3) is 0.353. The lowest BCUT2D eigenvalue weighted by molar-refractivity contribution is 0.867. The SMILES string of the molecule is CCCNc1ccnc(-c2ccc(C(C)C)cc2)c1. The fourth-order valence-electron chi connectivity index (χ4n) is 2.01. The second kappa shape index (κ2) is 6.37. The highest BCUT2D eigenvalue weighted by molar-refractivity contribution is 5.64. The van der Waals surface area contributed by atoms with Crippen molar-refractivity contribution in [2.24, 2.45) is 0 Å². The quantitative estimate of drug-likeness (QED) is 0.837. The number of benzene rings is 1. The Bertz CT molecular complexity index is 515. The summed E-state index contributed by atoms with van der Waals surface area (Å²) in [6.07, 6.45) is 2.99. The van der Waals surface area contributed by atoms with Gasteiger partial charge in [0.2, 0.25) is 0 Å². The van der Waals surface area contributed by atoms with Gasteiger partial charge in [-0.1, -0.05) is 45.0 Å². The minimum Gasteiger partial charge on any atom is -0.385 e. The van der Waals surface area contributed by atoms with E-state index in [0.717, 1.165) is 24.3 Å². The van der Waals surface area contributed by atoms with Gasteiger partial charge in [-0.25, -0.2) is 0 Å². The maximum Gasteiger partial charge on any atom is 0.0722 e. The topological polar surface area (TPSA) is 24.9 Å². The molecule has 0 saturated heterocycles. The number of anilines is 1. The summed E-state index contributed by atoms with van der Waals surface area (Å²) < 4.78 is 0. The number of nitrogens with one attached hydrogen (secondary N) is 1. The molecule has 0 saturated carbocycles. The zero-order chi connectivity index (χ0) is 13.7. The van der Waals surface area contributed by atoms with Gasteiger partial charge in [-0.15, -0.1) is 0 Å². The third-order valence-corrected chi connectivity index (χ3v) is 3.21. The summed E-state index contributed by atoms with van der Waals surface area (Å²) in [4.78, 5) is 4.45. The van der Waals surface area contributed by atoms with Crippen LogP contribution in [0.15, 0.2) is 42.6 Å². The van der Waals surface area contributed by atoms with Crippen molar-refractivity contribution in [3.05, 3.63) is 48.2 Å². The van der Waals surface area contributed by atoms with Crippen LogP contribution in [0.25, 0.3) is 11.3 Å². The van der Waals surface area contributed by atoms with Gasteiger partial charge >= 0.3 is 0 Å². The molecule has 0 fully saturated rings. The molecule has 2 nitrogen and oxygen atoms in total. The van der Waals surface area contributed by atoms with Crippen molar-refractivity contribution in [2.45, 2.75) is 33.1 Å². The summed E-state index contributed by atoms with van der Waals surface area (Å²) in [5, 5.41) is 3.39. The van der Waals surface area contributed by atoms with Gasteiger partial charge in [0.25, 0.3) is 0 Å². The average Bonchev–Trinajstić information content (AvgIpc) is 2.45. The van der Waals surface area contributed by atoms with Crippen LogP contribution in [-0.2, 0) is 0 Å². The lowest BCUT2D eigenvalue weighted by atomic mass is 10.0. The van der Waals surface area contributed by atoms with Crippen molar-refractivity contribution >= 4 is 5.69 Å². The Morgan fingerprint density at radius 2 is 1.84 bits per heavy atom. The predicted octanol–water partition coefficient (Wildman–Crippen LogP) is 4.69. The Morgan fingerprint density at radius 3 is 2.47 bits per heavy atom. The highest BCUT2D eigenvalue weighted by atomic mass is 14.9. The summed E-state index contributed by atoms with van der Waals surface area (Å²) in [5.41, 5.74) is 4.70. The molecule has 0 aliphatic heterocycles. The maximum absolute atomic E-state index is 4.45. The van der Waals surface area contributed by atoms with Crippen LogP contribution in [0.1, 0.15) is 38.7 Å². The molecule has 2 rings (SSSR count). The lowest BCUT2D eigenvalue weighted by Crippen LogP contribution is -1.99. The number of hydrogen-bond acceptors (Lipinski definition) is 2. The second-order valence-electron chi connectivity index (χ2n) is 5.13. The summed E-state index contributed by atoms with van der Waals surface area (Å²) in [7, 11) is 0. The number of pyridine rings is 1. The molecule has 0 bridgehead atoms. The van der Waals surface area contributed by atoms with Gasteiger partial charge in [0, 0.05) is 24.0 Å². The zero-order valence-electron chi connectivity index (χ0n) is 12.0. The molecule has 1 heterocycles. The van der Waals surface area contributed by atoms with Crippen LogP contribution < -0.4 is 5.32 Å². The molecule has 1 N–H and O–H groups in total. The first kappa shape index (κ1) is 13.6. The Kier molecular flexibility index (Phi) is 4.56. The molecule has 0 unspecified atom stereocenters. The average molecular weight is 254 g/mol. The van der Waals surface area contributed by atoms with Crippen molar-refractivity contribution < 1.29 is 0 Å². The largest absolute Gasteiger partial charge is 0.385 e. The number of hydrogen-bond donors (Lipinski definition) is 1. The second-order valence-corrected chi connectivity index (χ2v) is 5.13. The lowest BCUT2D eigenvalue weighted by Gasteiger charge is -2.09. The summed E-state index contributed by atoms with van der Waals surface area (Å²) >= 11 is 0. The van der Waals surface area contributed by atoms with Gasteiger partial charge in [0.05, 0.1) is 5.69 Å². The normalized spacial score (nSPS) is 10.7. The Balaban J connectivity index is 2.21. The highest BCUT2D eigenvalue weighted by Crippen LogP contribution is 2.23. The van der Waals surface area contributed by atoms with Crippen molar-refractivity contribution in [1.29, 1.82) is 0 Å². The Labute approximate surface area is 115 Å². The highest BCUT2D eigenvalue weighted by Gasteiger charge is 2.03. The molecule has 0 aliphatic carbocycles. The Hall–Kier alpha value is -1.83. The minimum atomic E-state index is 0.569. The molecule has 0 radical (unpaired) electrons. The van der Waals surface area contributed by atoms with Crippen LogP contribution in [-0.4, -0.2) is 11.5 Å². The molecular weight excluding hydrogens is 232 g/mol. The van der Waals surface area contributed by atoms with Gasteiger partial charge < -0.3 is 5.32 Å². The number of aromatic nitrogens is 1. The van der Waals surface area contributed by atoms with E-state index in [0.29, 0.717) is 5.92 Å². The van der Waals surface area contributed by atoms with Crippen molar-refractivity contribution in [2.75, 3.05) is 11.9 Å². The molecule has 2 aromatic rings. The van der Waals surface area contributed by atoms with Gasteiger partial charge in [0.1, 0.15) is 0 Å². The van der Waals surface area contributed by atoms with Crippen LogP contribution >= 0.6 is 0 Å². The van der Waals surface area contributed by atoms with Crippen LogP contribution in [0.3, 0.4) is 0 Å². The molecule has 0 aliphatic rings. The number of nitrogens with zero attached hydrogens (tertiary/aromatic N) is 1. The van der Waals surface area contributed by atoms with Gasteiger partial charge in [-0.05, 0) is 30.0 Å². The molecule has 0 amide bonds. The maximum atomic E-state index is 4.45. The smallest absolute Gasteiger partial charge is 0.0722 e. The van der Waals surface area contributed by atoms with E-state index in [1.165, 1.54) is 11.1 Å². The summed E-state index contributed by atoms with van der Waals surface area (Å²) in [6.45, 7) is 7.58. The van der Waals surface area contributed by atoms with E-state index < -0.39 is 0 Å². The third-order valence-electron chi connectivity index (χ3n) is 3.21. The summed E-state index contributed by atoms with van der Waals surface area (Å²) in [6, 6.07) is 12.8. The predicted molar refractivity (Wildman–Crippen MR) is 82.5 cm³/mol. The fourth-order valence-corrected chi connectivity index (χ4v) is 2.01. The zero-order valence-corrected chi connectivity index (χ0v) is 12.0. The van der Waals surface area contributed by atoms with Crippen LogP contribution in [0.5, 0.6) is 0 Å².